The van der Waals surface area contributed by atoms with Crippen LogP contribution in [0, 0.1) is 10.8 Å². The van der Waals surface area contributed by atoms with E-state index in [1.165, 1.54) is 57.8 Å². The van der Waals surface area contributed by atoms with Gasteiger partial charge < -0.3 is 10.6 Å². The van der Waals surface area contributed by atoms with E-state index < -0.39 is 0 Å². The van der Waals surface area contributed by atoms with E-state index in [2.05, 4.69) is 4.90 Å². The minimum atomic E-state index is 0.123. The molecular weight excluding hydrogens is 260 g/mol. The van der Waals surface area contributed by atoms with Crippen LogP contribution in [0.25, 0.3) is 0 Å². The standard InChI is InChI=1S/C18H32N2O/c19-15-18(8-2-1-3-9-18)14-16(21)20-12-10-17(11-13-20)6-4-5-7-17/h1-15,19H2. The molecular formula is C18H32N2O. The van der Waals surface area contributed by atoms with Crippen LogP contribution in [-0.4, -0.2) is 30.4 Å². The molecule has 1 saturated heterocycles. The van der Waals surface area contributed by atoms with E-state index in [0.29, 0.717) is 24.3 Å². The third kappa shape index (κ3) is 3.28. The molecule has 0 aromatic rings. The van der Waals surface area contributed by atoms with Crippen molar-refractivity contribution in [2.75, 3.05) is 19.6 Å². The molecule has 0 aromatic heterocycles. The minimum absolute atomic E-state index is 0.123. The lowest BCUT2D eigenvalue weighted by atomic mass is 9.71. The summed E-state index contributed by atoms with van der Waals surface area (Å²) in [7, 11) is 0. The van der Waals surface area contributed by atoms with Crippen molar-refractivity contribution in [3.8, 4) is 0 Å². The molecule has 3 nitrogen and oxygen atoms in total. The van der Waals surface area contributed by atoms with Crippen LogP contribution in [0.3, 0.4) is 0 Å². The lowest BCUT2D eigenvalue weighted by molar-refractivity contribution is -0.136. The number of amides is 1. The third-order valence-corrected chi connectivity index (χ3v) is 6.71. The zero-order valence-corrected chi connectivity index (χ0v) is 13.5. The van der Waals surface area contributed by atoms with Crippen LogP contribution >= 0.6 is 0 Å². The average Bonchev–Trinajstić information content (AvgIpc) is 2.97. The van der Waals surface area contributed by atoms with Crippen molar-refractivity contribution in [1.29, 1.82) is 0 Å². The first kappa shape index (κ1) is 15.3. The second-order valence-corrected chi connectivity index (χ2v) is 8.03. The van der Waals surface area contributed by atoms with Gasteiger partial charge in [-0.05, 0) is 55.9 Å². The number of nitrogens with zero attached hydrogens (tertiary/aromatic N) is 1. The zero-order chi connectivity index (χ0) is 14.8. The maximum absolute atomic E-state index is 12.7. The Morgan fingerprint density at radius 2 is 1.43 bits per heavy atom. The maximum atomic E-state index is 12.7. The van der Waals surface area contributed by atoms with E-state index in [0.717, 1.165) is 25.9 Å². The zero-order valence-electron chi connectivity index (χ0n) is 13.5. The van der Waals surface area contributed by atoms with E-state index in [4.69, 9.17) is 5.73 Å². The highest BCUT2D eigenvalue weighted by molar-refractivity contribution is 5.77. The van der Waals surface area contributed by atoms with Crippen LogP contribution in [0.1, 0.15) is 77.0 Å². The number of hydrogen-bond donors (Lipinski definition) is 1. The third-order valence-electron chi connectivity index (χ3n) is 6.71. The lowest BCUT2D eigenvalue weighted by Crippen LogP contribution is -2.45. The van der Waals surface area contributed by atoms with Crippen LogP contribution in [-0.2, 0) is 4.79 Å². The molecule has 0 atom stereocenters. The Morgan fingerprint density at radius 3 is 2.00 bits per heavy atom. The van der Waals surface area contributed by atoms with E-state index in [1.807, 2.05) is 0 Å². The van der Waals surface area contributed by atoms with Gasteiger partial charge in [0, 0.05) is 19.5 Å². The highest BCUT2D eigenvalue weighted by Gasteiger charge is 2.40. The molecule has 2 aliphatic carbocycles. The van der Waals surface area contributed by atoms with Crippen molar-refractivity contribution in [3.63, 3.8) is 0 Å². The average molecular weight is 292 g/mol. The number of piperidine rings is 1. The number of nitrogens with two attached hydrogens (primary N) is 1. The predicted molar refractivity (Wildman–Crippen MR) is 85.9 cm³/mol. The van der Waals surface area contributed by atoms with Crippen molar-refractivity contribution in [1.82, 2.24) is 4.90 Å². The SMILES string of the molecule is NCC1(CC(=O)N2CCC3(CCCC3)CC2)CCCCC1. The van der Waals surface area contributed by atoms with Gasteiger partial charge in [0.05, 0.1) is 0 Å². The predicted octanol–water partition coefficient (Wildman–Crippen LogP) is 3.47. The number of hydrogen-bond acceptors (Lipinski definition) is 2. The molecule has 2 N–H and O–H groups in total. The monoisotopic (exact) mass is 292 g/mol. The van der Waals surface area contributed by atoms with Crippen molar-refractivity contribution < 1.29 is 4.79 Å². The molecule has 1 heterocycles. The fourth-order valence-electron chi connectivity index (χ4n) is 5.04. The summed E-state index contributed by atoms with van der Waals surface area (Å²) in [6, 6.07) is 0. The molecule has 21 heavy (non-hydrogen) atoms. The summed E-state index contributed by atoms with van der Waals surface area (Å²) in [5, 5.41) is 0. The number of likely N-dealkylation sites (tertiary alicyclic amines) is 1. The van der Waals surface area contributed by atoms with Gasteiger partial charge in [-0.15, -0.1) is 0 Å². The number of carbonyl (C=O) groups excluding carboxylic acids is 1. The van der Waals surface area contributed by atoms with Gasteiger partial charge in [0.2, 0.25) is 5.91 Å². The summed E-state index contributed by atoms with van der Waals surface area (Å²) in [5.41, 5.74) is 6.77. The molecule has 0 radical (unpaired) electrons. The molecule has 3 fully saturated rings. The fourth-order valence-corrected chi connectivity index (χ4v) is 5.04. The molecule has 1 aliphatic heterocycles. The summed E-state index contributed by atoms with van der Waals surface area (Å²) < 4.78 is 0. The van der Waals surface area contributed by atoms with Gasteiger partial charge in [-0.25, -0.2) is 0 Å². The van der Waals surface area contributed by atoms with Crippen LogP contribution in [0.5, 0.6) is 0 Å². The molecule has 0 aromatic carbocycles. The van der Waals surface area contributed by atoms with Gasteiger partial charge in [-0.3, -0.25) is 4.79 Å². The van der Waals surface area contributed by atoms with Crippen LogP contribution in [0.4, 0.5) is 0 Å². The first-order valence-electron chi connectivity index (χ1n) is 9.15. The van der Waals surface area contributed by atoms with E-state index in [1.54, 1.807) is 0 Å². The second kappa shape index (κ2) is 6.28. The molecule has 1 amide bonds. The van der Waals surface area contributed by atoms with Gasteiger partial charge in [0.25, 0.3) is 0 Å². The van der Waals surface area contributed by atoms with Crippen molar-refractivity contribution in [2.45, 2.75) is 77.0 Å². The first-order valence-corrected chi connectivity index (χ1v) is 9.15. The largest absolute Gasteiger partial charge is 0.343 e. The molecule has 0 unspecified atom stereocenters. The Bertz CT molecular complexity index is 357. The highest BCUT2D eigenvalue weighted by Crippen LogP contribution is 2.46. The summed E-state index contributed by atoms with van der Waals surface area (Å²) >= 11 is 0. The molecule has 2 saturated carbocycles. The smallest absolute Gasteiger partial charge is 0.223 e. The normalized spacial score (nSPS) is 28.0. The maximum Gasteiger partial charge on any atom is 0.223 e. The summed E-state index contributed by atoms with van der Waals surface area (Å²) in [5.74, 6) is 0.384. The Morgan fingerprint density at radius 1 is 0.857 bits per heavy atom. The molecule has 3 heteroatoms. The van der Waals surface area contributed by atoms with Crippen molar-refractivity contribution in [2.24, 2.45) is 16.6 Å². The first-order chi connectivity index (χ1) is 10.2. The Labute approximate surface area is 129 Å². The van der Waals surface area contributed by atoms with Crippen LogP contribution < -0.4 is 5.73 Å². The minimum Gasteiger partial charge on any atom is -0.343 e. The van der Waals surface area contributed by atoms with Gasteiger partial charge in [0.1, 0.15) is 0 Å². The van der Waals surface area contributed by atoms with Crippen molar-refractivity contribution in [3.05, 3.63) is 0 Å². The number of rotatable bonds is 3. The van der Waals surface area contributed by atoms with E-state index in [-0.39, 0.29) is 5.41 Å². The second-order valence-electron chi connectivity index (χ2n) is 8.03. The lowest BCUT2D eigenvalue weighted by Gasteiger charge is -2.42. The van der Waals surface area contributed by atoms with Gasteiger partial charge in [-0.2, -0.15) is 0 Å². The van der Waals surface area contributed by atoms with Gasteiger partial charge in [0.15, 0.2) is 0 Å². The van der Waals surface area contributed by atoms with Gasteiger partial charge in [-0.1, -0.05) is 32.1 Å². The van der Waals surface area contributed by atoms with E-state index >= 15 is 0 Å². The van der Waals surface area contributed by atoms with Crippen LogP contribution in [0.2, 0.25) is 0 Å². The fraction of sp³-hybridized carbons (Fsp3) is 0.944. The summed E-state index contributed by atoms with van der Waals surface area (Å²) in [6.45, 7) is 2.69. The molecule has 3 rings (SSSR count). The van der Waals surface area contributed by atoms with Gasteiger partial charge >= 0.3 is 0 Å². The van der Waals surface area contributed by atoms with E-state index in [9.17, 15) is 4.79 Å². The Hall–Kier alpha value is -0.570. The Kier molecular flexibility index (Phi) is 4.58. The summed E-state index contributed by atoms with van der Waals surface area (Å²) in [4.78, 5) is 14.9. The Balaban J connectivity index is 1.54. The molecule has 120 valence electrons. The molecule has 3 aliphatic rings. The quantitative estimate of drug-likeness (QED) is 0.865. The highest BCUT2D eigenvalue weighted by atomic mass is 16.2. The summed E-state index contributed by atoms with van der Waals surface area (Å²) in [6.07, 6.45) is 15.0. The number of carbonyl (C=O) groups is 1. The molecule has 1 spiro atoms. The van der Waals surface area contributed by atoms with Crippen LogP contribution in [0.15, 0.2) is 0 Å². The molecule has 0 bridgehead atoms. The topological polar surface area (TPSA) is 46.3 Å². The van der Waals surface area contributed by atoms with Crippen molar-refractivity contribution >= 4 is 5.91 Å².